The first kappa shape index (κ1) is 12.6. The van der Waals surface area contributed by atoms with Crippen LogP contribution in [0.5, 0.6) is 0 Å². The van der Waals surface area contributed by atoms with E-state index in [9.17, 15) is 24.6 Å². The van der Waals surface area contributed by atoms with E-state index in [-0.39, 0.29) is 16.9 Å². The number of nitro groups is 2. The lowest BCUT2D eigenvalue weighted by Gasteiger charge is -2.03. The Morgan fingerprint density at radius 2 is 1.53 bits per heavy atom. The lowest BCUT2D eigenvalue weighted by molar-refractivity contribution is -0.385. The highest BCUT2D eigenvalue weighted by molar-refractivity contribution is 5.74. The molecule has 0 aliphatic carbocycles. The summed E-state index contributed by atoms with van der Waals surface area (Å²) in [7, 11) is 0. The molecule has 2 aromatic rings. The van der Waals surface area contributed by atoms with Gasteiger partial charge in [-0.25, -0.2) is 4.39 Å². The summed E-state index contributed by atoms with van der Waals surface area (Å²) < 4.78 is 13.2. The summed E-state index contributed by atoms with van der Waals surface area (Å²) in [6.07, 6.45) is 0. The summed E-state index contributed by atoms with van der Waals surface area (Å²) in [6, 6.07) is 8.20. The van der Waals surface area contributed by atoms with E-state index in [1.165, 1.54) is 24.3 Å². The van der Waals surface area contributed by atoms with Gasteiger partial charge in [0, 0.05) is 18.2 Å². The lowest BCUT2D eigenvalue weighted by atomic mass is 10.0. The van der Waals surface area contributed by atoms with Crippen LogP contribution < -0.4 is 0 Å². The fraction of sp³-hybridized carbons (Fsp3) is 0. The van der Waals surface area contributed by atoms with Crippen molar-refractivity contribution in [2.45, 2.75) is 0 Å². The van der Waals surface area contributed by atoms with E-state index in [4.69, 9.17) is 0 Å². The third-order valence-corrected chi connectivity index (χ3v) is 2.54. The van der Waals surface area contributed by atoms with E-state index in [0.717, 1.165) is 18.2 Å². The maximum Gasteiger partial charge on any atom is 0.277 e. The summed E-state index contributed by atoms with van der Waals surface area (Å²) in [4.78, 5) is 20.2. The lowest BCUT2D eigenvalue weighted by Crippen LogP contribution is -1.93. The van der Waals surface area contributed by atoms with Gasteiger partial charge < -0.3 is 0 Å². The molecule has 0 unspecified atom stereocenters. The smallest absolute Gasteiger partial charge is 0.258 e. The van der Waals surface area contributed by atoms with Gasteiger partial charge in [0.25, 0.3) is 11.4 Å². The van der Waals surface area contributed by atoms with E-state index >= 15 is 0 Å². The average molecular weight is 262 g/mol. The predicted octanol–water partition coefficient (Wildman–Crippen LogP) is 3.31. The largest absolute Gasteiger partial charge is 0.277 e. The number of nitrogens with zero attached hydrogens (tertiary/aromatic N) is 2. The standard InChI is InChI=1S/C12H7FN2O4/c13-9-3-6-12(15(18)19)11(7-9)8-1-4-10(5-2-8)14(16)17/h1-7H. The van der Waals surface area contributed by atoms with Crippen molar-refractivity contribution in [3.05, 3.63) is 68.5 Å². The van der Waals surface area contributed by atoms with Crippen LogP contribution in [-0.2, 0) is 0 Å². The molecule has 2 aromatic carbocycles. The van der Waals surface area contributed by atoms with Crippen molar-refractivity contribution in [2.75, 3.05) is 0 Å². The number of non-ortho nitro benzene ring substituents is 1. The Bertz CT molecular complexity index is 655. The molecule has 0 aliphatic heterocycles. The van der Waals surface area contributed by atoms with Crippen LogP contribution in [0.4, 0.5) is 15.8 Å². The van der Waals surface area contributed by atoms with Gasteiger partial charge in [-0.05, 0) is 29.8 Å². The van der Waals surface area contributed by atoms with Gasteiger partial charge in [-0.15, -0.1) is 0 Å². The minimum atomic E-state index is -0.629. The van der Waals surface area contributed by atoms with Crippen molar-refractivity contribution < 1.29 is 14.2 Å². The molecule has 2 rings (SSSR count). The van der Waals surface area contributed by atoms with Crippen molar-refractivity contribution in [3.63, 3.8) is 0 Å². The first-order valence-corrected chi connectivity index (χ1v) is 5.18. The number of hydrogen-bond donors (Lipinski definition) is 0. The van der Waals surface area contributed by atoms with Crippen LogP contribution in [0.2, 0.25) is 0 Å². The summed E-state index contributed by atoms with van der Waals surface area (Å²) in [6.45, 7) is 0. The molecule has 7 heteroatoms. The second-order valence-electron chi connectivity index (χ2n) is 3.72. The average Bonchev–Trinajstić information content (AvgIpc) is 2.38. The van der Waals surface area contributed by atoms with E-state index in [1.807, 2.05) is 0 Å². The second kappa shape index (κ2) is 4.81. The Morgan fingerprint density at radius 1 is 0.895 bits per heavy atom. The third kappa shape index (κ3) is 2.54. The fourth-order valence-electron chi connectivity index (χ4n) is 1.66. The summed E-state index contributed by atoms with van der Waals surface area (Å²) >= 11 is 0. The van der Waals surface area contributed by atoms with E-state index < -0.39 is 15.7 Å². The van der Waals surface area contributed by atoms with Crippen LogP contribution >= 0.6 is 0 Å². The molecule has 0 heterocycles. The monoisotopic (exact) mass is 262 g/mol. The molecule has 0 fully saturated rings. The molecule has 96 valence electrons. The van der Waals surface area contributed by atoms with Gasteiger partial charge in [0.1, 0.15) is 5.82 Å². The van der Waals surface area contributed by atoms with E-state index in [0.29, 0.717) is 5.56 Å². The van der Waals surface area contributed by atoms with Gasteiger partial charge in [-0.1, -0.05) is 0 Å². The third-order valence-electron chi connectivity index (χ3n) is 2.54. The first-order chi connectivity index (χ1) is 8.99. The molecule has 0 saturated carbocycles. The highest BCUT2D eigenvalue weighted by Gasteiger charge is 2.16. The Kier molecular flexibility index (Phi) is 3.19. The quantitative estimate of drug-likeness (QED) is 0.627. The van der Waals surface area contributed by atoms with Crippen LogP contribution in [0.15, 0.2) is 42.5 Å². The minimum Gasteiger partial charge on any atom is -0.258 e. The van der Waals surface area contributed by atoms with Gasteiger partial charge in [0.15, 0.2) is 0 Å². The normalized spacial score (nSPS) is 10.2. The number of hydrogen-bond acceptors (Lipinski definition) is 4. The highest BCUT2D eigenvalue weighted by atomic mass is 19.1. The van der Waals surface area contributed by atoms with Crippen molar-refractivity contribution in [2.24, 2.45) is 0 Å². The zero-order chi connectivity index (χ0) is 14.0. The zero-order valence-corrected chi connectivity index (χ0v) is 9.45. The van der Waals surface area contributed by atoms with Gasteiger partial charge in [0.2, 0.25) is 0 Å². The van der Waals surface area contributed by atoms with E-state index in [2.05, 4.69) is 0 Å². The van der Waals surface area contributed by atoms with E-state index in [1.54, 1.807) is 0 Å². The van der Waals surface area contributed by atoms with Crippen molar-refractivity contribution in [3.8, 4) is 11.1 Å². The highest BCUT2D eigenvalue weighted by Crippen LogP contribution is 2.31. The van der Waals surface area contributed by atoms with Crippen LogP contribution in [0.3, 0.4) is 0 Å². The van der Waals surface area contributed by atoms with Crippen LogP contribution in [0.1, 0.15) is 0 Å². The number of rotatable bonds is 3. The SMILES string of the molecule is O=[N+]([O-])c1ccc(-c2cc(F)ccc2[N+](=O)[O-])cc1. The van der Waals surface area contributed by atoms with Crippen molar-refractivity contribution >= 4 is 11.4 Å². The number of halogens is 1. The van der Waals surface area contributed by atoms with Crippen LogP contribution in [-0.4, -0.2) is 9.85 Å². The van der Waals surface area contributed by atoms with Crippen molar-refractivity contribution in [1.82, 2.24) is 0 Å². The molecule has 0 radical (unpaired) electrons. The van der Waals surface area contributed by atoms with Gasteiger partial charge in [0.05, 0.1) is 15.4 Å². The summed E-state index contributed by atoms with van der Waals surface area (Å²) in [5.41, 5.74) is 0.0368. The zero-order valence-electron chi connectivity index (χ0n) is 9.45. The molecule has 19 heavy (non-hydrogen) atoms. The van der Waals surface area contributed by atoms with Crippen LogP contribution in [0, 0.1) is 26.0 Å². The molecule has 0 aromatic heterocycles. The topological polar surface area (TPSA) is 86.3 Å². The second-order valence-corrected chi connectivity index (χ2v) is 3.72. The summed E-state index contributed by atoms with van der Waals surface area (Å²) in [5.74, 6) is -0.612. The number of nitro benzene ring substituents is 2. The Balaban J connectivity index is 2.54. The molecular formula is C12H7FN2O4. The van der Waals surface area contributed by atoms with Crippen LogP contribution in [0.25, 0.3) is 11.1 Å². The Morgan fingerprint density at radius 3 is 2.05 bits per heavy atom. The van der Waals surface area contributed by atoms with Crippen molar-refractivity contribution in [1.29, 1.82) is 0 Å². The predicted molar refractivity (Wildman–Crippen MR) is 65.1 cm³/mol. The van der Waals surface area contributed by atoms with Gasteiger partial charge >= 0.3 is 0 Å². The molecule has 0 aliphatic rings. The molecule has 0 spiro atoms. The molecular weight excluding hydrogens is 255 g/mol. The minimum absolute atomic E-state index is 0.0832. The maximum absolute atomic E-state index is 13.2. The van der Waals surface area contributed by atoms with Gasteiger partial charge in [-0.2, -0.15) is 0 Å². The molecule has 0 bridgehead atoms. The molecule has 6 nitrogen and oxygen atoms in total. The molecule has 0 atom stereocenters. The molecule has 0 N–H and O–H groups in total. The van der Waals surface area contributed by atoms with Gasteiger partial charge in [-0.3, -0.25) is 20.2 Å². The molecule has 0 saturated heterocycles. The maximum atomic E-state index is 13.2. The summed E-state index contributed by atoms with van der Waals surface area (Å²) in [5, 5.41) is 21.4. The Labute approximate surface area is 106 Å². The molecule has 0 amide bonds. The number of benzene rings is 2. The Hall–Kier alpha value is -2.83. The fourth-order valence-corrected chi connectivity index (χ4v) is 1.66. The first-order valence-electron chi connectivity index (χ1n) is 5.18.